The second kappa shape index (κ2) is 6.30. The highest BCUT2D eigenvalue weighted by Crippen LogP contribution is 2.35. The van der Waals surface area contributed by atoms with Gasteiger partial charge < -0.3 is 10.2 Å². The predicted molar refractivity (Wildman–Crippen MR) is 83.0 cm³/mol. The van der Waals surface area contributed by atoms with Crippen molar-refractivity contribution in [1.82, 2.24) is 10.3 Å². The molecule has 3 rings (SSSR count). The second-order valence-electron chi connectivity index (χ2n) is 6.10. The fourth-order valence-electron chi connectivity index (χ4n) is 2.75. The molecule has 1 unspecified atom stereocenters. The summed E-state index contributed by atoms with van der Waals surface area (Å²) in [7, 11) is 0. The molecule has 1 aromatic rings. The van der Waals surface area contributed by atoms with Crippen molar-refractivity contribution in [3.8, 4) is 0 Å². The van der Waals surface area contributed by atoms with Crippen molar-refractivity contribution >= 4 is 27.7 Å². The first-order valence-electron chi connectivity index (χ1n) is 7.62. The van der Waals surface area contributed by atoms with Crippen molar-refractivity contribution in [3.05, 3.63) is 22.3 Å². The number of alkyl halides is 3. The molecular weight excluding hydrogens is 375 g/mol. The van der Waals surface area contributed by atoms with Crippen LogP contribution in [0.4, 0.5) is 19.0 Å². The number of hydrogen-bond donors (Lipinski definition) is 1. The van der Waals surface area contributed by atoms with Gasteiger partial charge in [0.05, 0.1) is 16.0 Å². The Balaban J connectivity index is 1.71. The standard InChI is InChI=1S/C15H17BrF3N3O/c16-12-6-10(15(17,18)19)7-20-13(12)22-5-1-2-9(8-22)14(23)21-11-3-4-11/h6-7,9,11H,1-5,8H2,(H,21,23). The van der Waals surface area contributed by atoms with Crippen LogP contribution in [0, 0.1) is 5.92 Å². The largest absolute Gasteiger partial charge is 0.417 e. The van der Waals surface area contributed by atoms with E-state index < -0.39 is 11.7 Å². The maximum absolute atomic E-state index is 12.7. The molecule has 1 aliphatic carbocycles. The summed E-state index contributed by atoms with van der Waals surface area (Å²) in [6.45, 7) is 1.17. The van der Waals surface area contributed by atoms with Gasteiger partial charge >= 0.3 is 6.18 Å². The van der Waals surface area contributed by atoms with Crippen molar-refractivity contribution in [2.45, 2.75) is 37.9 Å². The van der Waals surface area contributed by atoms with E-state index >= 15 is 0 Å². The van der Waals surface area contributed by atoms with Crippen LogP contribution in [0.25, 0.3) is 0 Å². The van der Waals surface area contributed by atoms with Gasteiger partial charge in [-0.15, -0.1) is 0 Å². The maximum Gasteiger partial charge on any atom is 0.417 e. The third-order valence-corrected chi connectivity index (χ3v) is 4.75. The molecule has 2 aliphatic rings. The summed E-state index contributed by atoms with van der Waals surface area (Å²) >= 11 is 3.18. The van der Waals surface area contributed by atoms with E-state index in [4.69, 9.17) is 0 Å². The highest BCUT2D eigenvalue weighted by molar-refractivity contribution is 9.10. The first kappa shape index (κ1) is 16.5. The van der Waals surface area contributed by atoms with E-state index in [0.29, 0.717) is 29.4 Å². The average molecular weight is 392 g/mol. The SMILES string of the molecule is O=C(NC1CC1)C1CCCN(c2ncc(C(F)(F)F)cc2Br)C1. The van der Waals surface area contributed by atoms with Gasteiger partial charge in [0.25, 0.3) is 0 Å². The number of pyridine rings is 1. The molecule has 1 aromatic heterocycles. The topological polar surface area (TPSA) is 45.2 Å². The zero-order valence-electron chi connectivity index (χ0n) is 12.4. The normalized spacial score (nSPS) is 22.1. The molecule has 0 bridgehead atoms. The number of rotatable bonds is 3. The van der Waals surface area contributed by atoms with Crippen LogP contribution in [-0.2, 0) is 11.0 Å². The van der Waals surface area contributed by atoms with Crippen molar-refractivity contribution in [2.24, 2.45) is 5.92 Å². The fraction of sp³-hybridized carbons (Fsp3) is 0.600. The van der Waals surface area contributed by atoms with Gasteiger partial charge in [0, 0.05) is 25.3 Å². The van der Waals surface area contributed by atoms with Gasteiger partial charge in [-0.3, -0.25) is 4.79 Å². The lowest BCUT2D eigenvalue weighted by atomic mass is 9.97. The van der Waals surface area contributed by atoms with Gasteiger partial charge in [0.1, 0.15) is 5.82 Å². The van der Waals surface area contributed by atoms with Crippen LogP contribution < -0.4 is 10.2 Å². The predicted octanol–water partition coefficient (Wildman–Crippen LogP) is 3.36. The molecular formula is C15H17BrF3N3O. The van der Waals surface area contributed by atoms with E-state index in [0.717, 1.165) is 37.9 Å². The maximum atomic E-state index is 12.7. The van der Waals surface area contributed by atoms with Gasteiger partial charge in [0.2, 0.25) is 5.91 Å². The molecule has 1 N–H and O–H groups in total. The van der Waals surface area contributed by atoms with E-state index in [-0.39, 0.29) is 11.8 Å². The van der Waals surface area contributed by atoms with Gasteiger partial charge in [-0.25, -0.2) is 4.98 Å². The summed E-state index contributed by atoms with van der Waals surface area (Å²) < 4.78 is 38.4. The summed E-state index contributed by atoms with van der Waals surface area (Å²) in [5.41, 5.74) is -0.784. The number of aromatic nitrogens is 1. The molecule has 1 aliphatic heterocycles. The highest BCUT2D eigenvalue weighted by Gasteiger charge is 2.34. The van der Waals surface area contributed by atoms with E-state index in [9.17, 15) is 18.0 Å². The number of anilines is 1. The Morgan fingerprint density at radius 1 is 1.35 bits per heavy atom. The molecule has 0 aromatic carbocycles. The molecule has 0 spiro atoms. The van der Waals surface area contributed by atoms with Gasteiger partial charge in [-0.05, 0) is 47.7 Å². The number of carbonyl (C=O) groups excluding carboxylic acids is 1. The zero-order valence-corrected chi connectivity index (χ0v) is 14.0. The molecule has 1 atom stereocenters. The summed E-state index contributed by atoms with van der Waals surface area (Å²) in [6.07, 6.45) is 0.115. The third-order valence-electron chi connectivity index (χ3n) is 4.16. The quantitative estimate of drug-likeness (QED) is 0.858. The lowest BCUT2D eigenvalue weighted by molar-refractivity contribution is -0.137. The molecule has 1 amide bonds. The number of amides is 1. The Kier molecular flexibility index (Phi) is 4.53. The van der Waals surface area contributed by atoms with Crippen molar-refractivity contribution in [3.63, 3.8) is 0 Å². The van der Waals surface area contributed by atoms with Crippen LogP contribution in [0.1, 0.15) is 31.2 Å². The van der Waals surface area contributed by atoms with E-state index in [2.05, 4.69) is 26.2 Å². The number of nitrogens with one attached hydrogen (secondary N) is 1. The molecule has 1 saturated carbocycles. The van der Waals surface area contributed by atoms with Crippen LogP contribution in [0.3, 0.4) is 0 Å². The van der Waals surface area contributed by atoms with Crippen LogP contribution in [0.2, 0.25) is 0 Å². The van der Waals surface area contributed by atoms with Crippen LogP contribution >= 0.6 is 15.9 Å². The third kappa shape index (κ3) is 3.97. The monoisotopic (exact) mass is 391 g/mol. The smallest absolute Gasteiger partial charge is 0.355 e. The summed E-state index contributed by atoms with van der Waals surface area (Å²) in [4.78, 5) is 18.0. The van der Waals surface area contributed by atoms with Crippen molar-refractivity contribution in [2.75, 3.05) is 18.0 Å². The summed E-state index contributed by atoms with van der Waals surface area (Å²) in [5, 5.41) is 2.99. The molecule has 2 fully saturated rings. The van der Waals surface area contributed by atoms with Crippen LogP contribution in [0.15, 0.2) is 16.7 Å². The van der Waals surface area contributed by atoms with Crippen molar-refractivity contribution in [1.29, 1.82) is 0 Å². The summed E-state index contributed by atoms with van der Waals surface area (Å²) in [6, 6.07) is 1.35. The minimum atomic E-state index is -4.41. The molecule has 126 valence electrons. The lowest BCUT2D eigenvalue weighted by Gasteiger charge is -2.33. The minimum absolute atomic E-state index is 0.0419. The fourth-order valence-corrected chi connectivity index (χ4v) is 3.35. The van der Waals surface area contributed by atoms with E-state index in [1.807, 2.05) is 4.90 Å². The number of piperidine rings is 1. The Bertz CT molecular complexity index is 604. The van der Waals surface area contributed by atoms with Crippen LogP contribution in [-0.4, -0.2) is 30.0 Å². The van der Waals surface area contributed by atoms with Crippen molar-refractivity contribution < 1.29 is 18.0 Å². The van der Waals surface area contributed by atoms with Crippen LogP contribution in [0.5, 0.6) is 0 Å². The Labute approximate surface area is 140 Å². The Morgan fingerprint density at radius 2 is 2.09 bits per heavy atom. The molecule has 23 heavy (non-hydrogen) atoms. The van der Waals surface area contributed by atoms with Gasteiger partial charge in [-0.1, -0.05) is 0 Å². The number of hydrogen-bond acceptors (Lipinski definition) is 3. The zero-order chi connectivity index (χ0) is 16.6. The van der Waals surface area contributed by atoms with E-state index in [1.54, 1.807) is 0 Å². The first-order valence-corrected chi connectivity index (χ1v) is 8.42. The summed E-state index contributed by atoms with van der Waals surface area (Å²) in [5.74, 6) is 0.363. The van der Waals surface area contributed by atoms with Gasteiger partial charge in [0.15, 0.2) is 0 Å². The van der Waals surface area contributed by atoms with Gasteiger partial charge in [-0.2, -0.15) is 13.2 Å². The number of halogens is 4. The lowest BCUT2D eigenvalue weighted by Crippen LogP contribution is -2.44. The average Bonchev–Trinajstić information content (AvgIpc) is 3.30. The second-order valence-corrected chi connectivity index (χ2v) is 6.95. The Hall–Kier alpha value is -1.31. The number of nitrogens with zero attached hydrogens (tertiary/aromatic N) is 2. The molecule has 1 saturated heterocycles. The highest BCUT2D eigenvalue weighted by atomic mass is 79.9. The first-order chi connectivity index (χ1) is 10.8. The Morgan fingerprint density at radius 3 is 2.70 bits per heavy atom. The molecule has 2 heterocycles. The van der Waals surface area contributed by atoms with E-state index in [1.165, 1.54) is 0 Å². The minimum Gasteiger partial charge on any atom is -0.355 e. The molecule has 4 nitrogen and oxygen atoms in total. The number of carbonyl (C=O) groups is 1. The molecule has 8 heteroatoms. The molecule has 0 radical (unpaired) electrons.